The van der Waals surface area contributed by atoms with Crippen LogP contribution in [-0.2, 0) is 4.79 Å². The van der Waals surface area contributed by atoms with Gasteiger partial charge >= 0.3 is 5.97 Å². The molecule has 5 N–H and O–H groups in total. The molecule has 0 spiro atoms. The Bertz CT molecular complexity index is 1010. The van der Waals surface area contributed by atoms with Crippen LogP contribution in [0.1, 0.15) is 5.56 Å². The molecular formula is C20H15ClN2O3. The fourth-order valence-electron chi connectivity index (χ4n) is 2.69. The van der Waals surface area contributed by atoms with Gasteiger partial charge < -0.3 is 15.9 Å². The second-order valence-electron chi connectivity index (χ2n) is 5.69. The van der Waals surface area contributed by atoms with Crippen molar-refractivity contribution < 1.29 is 15.0 Å². The van der Waals surface area contributed by atoms with Gasteiger partial charge in [0, 0.05) is 22.4 Å². The summed E-state index contributed by atoms with van der Waals surface area (Å²) in [5.41, 5.74) is 8.32. The van der Waals surface area contributed by atoms with Crippen molar-refractivity contribution in [3.63, 3.8) is 0 Å². The first kappa shape index (κ1) is 17.5. The Balaban J connectivity index is 2.04. The van der Waals surface area contributed by atoms with E-state index in [-0.39, 0.29) is 17.0 Å². The van der Waals surface area contributed by atoms with Crippen molar-refractivity contribution in [3.05, 3.63) is 71.2 Å². The molecule has 0 saturated heterocycles. The first-order valence-corrected chi connectivity index (χ1v) is 8.06. The SMILES string of the molecule is N=C(C(=O)O)c1cc(-c2ccc(-c3ccccc3O)cc2)c(Cl)cc1N. The summed E-state index contributed by atoms with van der Waals surface area (Å²) in [7, 11) is 0. The molecule has 0 heterocycles. The Morgan fingerprint density at radius 3 is 2.12 bits per heavy atom. The van der Waals surface area contributed by atoms with Gasteiger partial charge in [0.25, 0.3) is 0 Å². The molecule has 5 nitrogen and oxygen atoms in total. The molecule has 0 saturated carbocycles. The van der Waals surface area contributed by atoms with Gasteiger partial charge in [-0.3, -0.25) is 5.41 Å². The number of nitrogens with two attached hydrogens (primary N) is 1. The van der Waals surface area contributed by atoms with E-state index < -0.39 is 11.7 Å². The average Bonchev–Trinajstić information content (AvgIpc) is 2.62. The number of phenolic OH excluding ortho intramolecular Hbond substituents is 1. The fourth-order valence-corrected chi connectivity index (χ4v) is 2.97. The monoisotopic (exact) mass is 366 g/mol. The fraction of sp³-hybridized carbons (Fsp3) is 0. The zero-order chi connectivity index (χ0) is 18.8. The third-order valence-corrected chi connectivity index (χ3v) is 4.35. The first-order chi connectivity index (χ1) is 12.4. The highest BCUT2D eigenvalue weighted by molar-refractivity contribution is 6.43. The number of anilines is 1. The molecule has 3 aromatic rings. The lowest BCUT2D eigenvalue weighted by molar-refractivity contribution is -0.129. The predicted octanol–water partition coefficient (Wildman–Crippen LogP) is 4.41. The average molecular weight is 367 g/mol. The zero-order valence-corrected chi connectivity index (χ0v) is 14.3. The summed E-state index contributed by atoms with van der Waals surface area (Å²) in [6.07, 6.45) is 0. The van der Waals surface area contributed by atoms with Crippen LogP contribution in [0, 0.1) is 5.41 Å². The highest BCUT2D eigenvalue weighted by Crippen LogP contribution is 2.35. The van der Waals surface area contributed by atoms with Crippen LogP contribution in [0.15, 0.2) is 60.7 Å². The lowest BCUT2D eigenvalue weighted by Crippen LogP contribution is -2.15. The van der Waals surface area contributed by atoms with Crippen LogP contribution in [-0.4, -0.2) is 21.9 Å². The van der Waals surface area contributed by atoms with Crippen LogP contribution in [0.5, 0.6) is 5.75 Å². The number of rotatable bonds is 4. The topological polar surface area (TPSA) is 107 Å². The van der Waals surface area contributed by atoms with Crippen LogP contribution in [0.2, 0.25) is 5.02 Å². The van der Waals surface area contributed by atoms with E-state index in [1.54, 1.807) is 12.1 Å². The molecule has 0 radical (unpaired) electrons. The van der Waals surface area contributed by atoms with E-state index in [2.05, 4.69) is 0 Å². The van der Waals surface area contributed by atoms with Crippen molar-refractivity contribution in [1.82, 2.24) is 0 Å². The van der Waals surface area contributed by atoms with Gasteiger partial charge in [-0.2, -0.15) is 0 Å². The summed E-state index contributed by atoms with van der Waals surface area (Å²) in [5.74, 6) is -1.18. The minimum Gasteiger partial charge on any atom is -0.507 e. The number of nitrogens with one attached hydrogen (secondary N) is 1. The maximum Gasteiger partial charge on any atom is 0.354 e. The van der Waals surface area contributed by atoms with Crippen LogP contribution < -0.4 is 5.73 Å². The van der Waals surface area contributed by atoms with E-state index in [1.165, 1.54) is 12.1 Å². The number of hydrogen-bond donors (Lipinski definition) is 4. The summed E-state index contributed by atoms with van der Waals surface area (Å²) >= 11 is 6.26. The van der Waals surface area contributed by atoms with E-state index in [0.717, 1.165) is 11.1 Å². The van der Waals surface area contributed by atoms with Crippen molar-refractivity contribution >= 4 is 29.0 Å². The van der Waals surface area contributed by atoms with Crippen molar-refractivity contribution in [3.8, 4) is 28.0 Å². The maximum absolute atomic E-state index is 11.1. The summed E-state index contributed by atoms with van der Waals surface area (Å²) in [6, 6.07) is 17.3. The molecule has 0 aliphatic heterocycles. The second kappa shape index (κ2) is 6.90. The van der Waals surface area contributed by atoms with Crippen LogP contribution in [0.4, 0.5) is 5.69 Å². The van der Waals surface area contributed by atoms with Gasteiger partial charge in [-0.25, -0.2) is 4.79 Å². The number of nitrogen functional groups attached to an aromatic ring is 1. The number of phenols is 1. The third kappa shape index (κ3) is 3.25. The number of hydrogen-bond acceptors (Lipinski definition) is 4. The number of carboxylic acid groups (broad SMARTS) is 1. The number of carboxylic acids is 1. The van der Waals surface area contributed by atoms with Gasteiger partial charge in [0.1, 0.15) is 11.5 Å². The normalized spacial score (nSPS) is 10.5. The number of aliphatic carboxylic acids is 1. The summed E-state index contributed by atoms with van der Waals surface area (Å²) < 4.78 is 0. The Labute approximate surface area is 154 Å². The van der Waals surface area contributed by atoms with Gasteiger partial charge in [-0.15, -0.1) is 0 Å². The Morgan fingerprint density at radius 1 is 0.962 bits per heavy atom. The Morgan fingerprint density at radius 2 is 1.54 bits per heavy atom. The molecule has 0 aliphatic rings. The second-order valence-corrected chi connectivity index (χ2v) is 6.10. The smallest absolute Gasteiger partial charge is 0.354 e. The molecule has 26 heavy (non-hydrogen) atoms. The van der Waals surface area contributed by atoms with Gasteiger partial charge in [0.2, 0.25) is 0 Å². The number of carbonyl (C=O) groups is 1. The molecule has 0 aromatic heterocycles. The molecule has 0 fully saturated rings. The highest BCUT2D eigenvalue weighted by Gasteiger charge is 2.17. The quantitative estimate of drug-likeness (QED) is 0.405. The van der Waals surface area contributed by atoms with E-state index in [9.17, 15) is 9.90 Å². The lowest BCUT2D eigenvalue weighted by Gasteiger charge is -2.11. The van der Waals surface area contributed by atoms with Crippen molar-refractivity contribution in [2.75, 3.05) is 5.73 Å². The number of benzene rings is 3. The molecule has 130 valence electrons. The summed E-state index contributed by atoms with van der Waals surface area (Å²) in [5, 5.41) is 27.0. The highest BCUT2D eigenvalue weighted by atomic mass is 35.5. The number of para-hydroxylation sites is 1. The van der Waals surface area contributed by atoms with E-state index in [0.29, 0.717) is 16.1 Å². The minimum atomic E-state index is -1.36. The third-order valence-electron chi connectivity index (χ3n) is 4.03. The van der Waals surface area contributed by atoms with Gasteiger partial charge in [0.15, 0.2) is 0 Å². The van der Waals surface area contributed by atoms with Crippen LogP contribution in [0.3, 0.4) is 0 Å². The summed E-state index contributed by atoms with van der Waals surface area (Å²) in [4.78, 5) is 11.1. The lowest BCUT2D eigenvalue weighted by atomic mass is 9.97. The van der Waals surface area contributed by atoms with Crippen molar-refractivity contribution in [2.24, 2.45) is 0 Å². The van der Waals surface area contributed by atoms with E-state index in [4.69, 9.17) is 27.9 Å². The molecule has 0 bridgehead atoms. The summed E-state index contributed by atoms with van der Waals surface area (Å²) in [6.45, 7) is 0. The molecular weight excluding hydrogens is 352 g/mol. The van der Waals surface area contributed by atoms with Gasteiger partial charge in [-0.05, 0) is 29.3 Å². The molecule has 6 heteroatoms. The Kier molecular flexibility index (Phi) is 4.65. The molecule has 3 aromatic carbocycles. The van der Waals surface area contributed by atoms with Crippen molar-refractivity contribution in [1.29, 1.82) is 5.41 Å². The number of aromatic hydroxyl groups is 1. The van der Waals surface area contributed by atoms with E-state index >= 15 is 0 Å². The predicted molar refractivity (Wildman–Crippen MR) is 103 cm³/mol. The molecule has 0 unspecified atom stereocenters. The largest absolute Gasteiger partial charge is 0.507 e. The zero-order valence-electron chi connectivity index (χ0n) is 13.5. The Hall–Kier alpha value is -3.31. The van der Waals surface area contributed by atoms with Crippen LogP contribution in [0.25, 0.3) is 22.3 Å². The van der Waals surface area contributed by atoms with Crippen LogP contribution >= 0.6 is 11.6 Å². The molecule has 0 amide bonds. The minimum absolute atomic E-state index is 0.113. The molecule has 3 rings (SSSR count). The standard InChI is InChI=1S/C20H15ClN2O3/c21-16-10-17(22)15(19(23)20(25)26)9-14(16)12-7-5-11(6-8-12)13-3-1-2-4-18(13)24/h1-10,23-24H,22H2,(H,25,26). The maximum atomic E-state index is 11.1. The van der Waals surface area contributed by atoms with Gasteiger partial charge in [0.05, 0.1) is 5.02 Å². The van der Waals surface area contributed by atoms with Gasteiger partial charge in [-0.1, -0.05) is 54.1 Å². The number of halogens is 1. The van der Waals surface area contributed by atoms with E-state index in [1.807, 2.05) is 36.4 Å². The molecule has 0 atom stereocenters. The molecule has 0 aliphatic carbocycles. The van der Waals surface area contributed by atoms with Crippen molar-refractivity contribution in [2.45, 2.75) is 0 Å². The first-order valence-electron chi connectivity index (χ1n) is 7.68.